The lowest BCUT2D eigenvalue weighted by Crippen LogP contribution is -1.99. The van der Waals surface area contributed by atoms with Crippen LogP contribution in [0.4, 0.5) is 0 Å². The van der Waals surface area contributed by atoms with Crippen LogP contribution in [0.3, 0.4) is 0 Å². The Bertz CT molecular complexity index is 730. The van der Waals surface area contributed by atoms with Crippen molar-refractivity contribution in [2.45, 2.75) is 0 Å². The summed E-state index contributed by atoms with van der Waals surface area (Å²) in [7, 11) is 0. The highest BCUT2D eigenvalue weighted by Crippen LogP contribution is 2.27. The monoisotopic (exact) mass is 302 g/mol. The van der Waals surface area contributed by atoms with Crippen LogP contribution >= 0.6 is 23.2 Å². The molecule has 0 saturated carbocycles. The third kappa shape index (κ3) is 2.61. The van der Waals surface area contributed by atoms with E-state index < -0.39 is 0 Å². The summed E-state index contributed by atoms with van der Waals surface area (Å²) in [6.45, 7) is 0. The van der Waals surface area contributed by atoms with Crippen LogP contribution in [-0.4, -0.2) is 20.4 Å². The summed E-state index contributed by atoms with van der Waals surface area (Å²) in [6.07, 6.45) is 0. The van der Waals surface area contributed by atoms with Crippen LogP contribution in [0.1, 0.15) is 0 Å². The normalized spacial score (nSPS) is 10.5. The quantitative estimate of drug-likeness (QED) is 0.720. The fourth-order valence-electron chi connectivity index (χ4n) is 1.71. The van der Waals surface area contributed by atoms with Crippen molar-refractivity contribution in [3.8, 4) is 22.8 Å². The Morgan fingerprint density at radius 1 is 0.700 bits per heavy atom. The van der Waals surface area contributed by atoms with Gasteiger partial charge in [-0.25, -0.2) is 0 Å². The molecule has 0 amide bonds. The fourth-order valence-corrected chi connectivity index (χ4v) is 2.20. The highest BCUT2D eigenvalue weighted by atomic mass is 35.5. The highest BCUT2D eigenvalue weighted by Gasteiger charge is 2.09. The molecule has 98 valence electrons. The average Bonchev–Trinajstić information content (AvgIpc) is 2.48. The molecule has 1 aromatic heterocycles. The second kappa shape index (κ2) is 5.53. The first-order valence-corrected chi connectivity index (χ1v) is 6.58. The zero-order valence-electron chi connectivity index (χ0n) is 10.2. The van der Waals surface area contributed by atoms with Gasteiger partial charge in [-0.1, -0.05) is 53.5 Å². The third-order valence-corrected chi connectivity index (χ3v) is 3.23. The molecule has 20 heavy (non-hydrogen) atoms. The first-order valence-electron chi connectivity index (χ1n) is 5.82. The van der Waals surface area contributed by atoms with Gasteiger partial charge >= 0.3 is 0 Å². The Morgan fingerprint density at radius 2 is 1.35 bits per heavy atom. The second-order valence-electron chi connectivity index (χ2n) is 4.04. The Kier molecular flexibility index (Phi) is 3.58. The zero-order valence-corrected chi connectivity index (χ0v) is 11.7. The standard InChI is InChI=1S/C14H8Cl2N4/c15-10-6-7-11(12(16)8-10)14-19-17-13(18-20-14)9-4-2-1-3-5-9/h1-8H. The van der Waals surface area contributed by atoms with Gasteiger partial charge in [0, 0.05) is 16.1 Å². The van der Waals surface area contributed by atoms with Crippen molar-refractivity contribution in [1.29, 1.82) is 0 Å². The van der Waals surface area contributed by atoms with Crippen LogP contribution in [0, 0.1) is 0 Å². The molecule has 3 aromatic rings. The molecule has 0 radical (unpaired) electrons. The molecule has 0 bridgehead atoms. The van der Waals surface area contributed by atoms with Crippen LogP contribution in [0.15, 0.2) is 48.5 Å². The summed E-state index contributed by atoms with van der Waals surface area (Å²) < 4.78 is 0. The Hall–Kier alpha value is -2.04. The van der Waals surface area contributed by atoms with E-state index in [1.807, 2.05) is 30.3 Å². The number of aromatic nitrogens is 4. The predicted molar refractivity (Wildman–Crippen MR) is 78.5 cm³/mol. The summed E-state index contributed by atoms with van der Waals surface area (Å²) in [6, 6.07) is 14.6. The van der Waals surface area contributed by atoms with Crippen LogP contribution < -0.4 is 0 Å². The molecule has 0 atom stereocenters. The van der Waals surface area contributed by atoms with Crippen molar-refractivity contribution < 1.29 is 0 Å². The molecule has 0 aliphatic carbocycles. The lowest BCUT2D eigenvalue weighted by molar-refractivity contribution is 0.876. The van der Waals surface area contributed by atoms with E-state index >= 15 is 0 Å². The molecule has 2 aromatic carbocycles. The smallest absolute Gasteiger partial charge is 0.126 e. The number of nitrogens with zero attached hydrogens (tertiary/aromatic N) is 4. The van der Waals surface area contributed by atoms with Gasteiger partial charge in [0.1, 0.15) is 0 Å². The highest BCUT2D eigenvalue weighted by molar-refractivity contribution is 6.36. The first-order chi connectivity index (χ1) is 9.74. The van der Waals surface area contributed by atoms with Gasteiger partial charge in [0.2, 0.25) is 11.6 Å². The van der Waals surface area contributed by atoms with Gasteiger partial charge in [-0.3, -0.25) is 0 Å². The molecule has 0 N–H and O–H groups in total. The number of benzene rings is 2. The van der Waals surface area contributed by atoms with Gasteiger partial charge in [-0.15, -0.1) is 20.4 Å². The maximum absolute atomic E-state index is 6.10. The van der Waals surface area contributed by atoms with E-state index in [0.717, 1.165) is 5.56 Å². The van der Waals surface area contributed by atoms with Gasteiger partial charge in [0.05, 0.1) is 5.02 Å². The molecule has 0 spiro atoms. The van der Waals surface area contributed by atoms with E-state index in [0.29, 0.717) is 27.3 Å². The molecule has 1 heterocycles. The molecule has 0 aliphatic heterocycles. The van der Waals surface area contributed by atoms with Gasteiger partial charge < -0.3 is 0 Å². The second-order valence-corrected chi connectivity index (χ2v) is 4.88. The summed E-state index contributed by atoms with van der Waals surface area (Å²) in [5, 5.41) is 17.3. The van der Waals surface area contributed by atoms with Crippen LogP contribution in [0.5, 0.6) is 0 Å². The largest absolute Gasteiger partial charge is 0.205 e. The molecule has 4 nitrogen and oxygen atoms in total. The van der Waals surface area contributed by atoms with Crippen molar-refractivity contribution in [3.05, 3.63) is 58.6 Å². The van der Waals surface area contributed by atoms with E-state index in [2.05, 4.69) is 20.4 Å². The summed E-state index contributed by atoms with van der Waals surface area (Å²) in [4.78, 5) is 0. The van der Waals surface area contributed by atoms with Crippen molar-refractivity contribution in [1.82, 2.24) is 20.4 Å². The Labute approximate surface area is 125 Å². The van der Waals surface area contributed by atoms with E-state index in [1.165, 1.54) is 0 Å². The fraction of sp³-hybridized carbons (Fsp3) is 0. The maximum atomic E-state index is 6.10. The number of hydrogen-bond acceptors (Lipinski definition) is 4. The maximum Gasteiger partial charge on any atom is 0.205 e. The Morgan fingerprint density at radius 3 is 2.00 bits per heavy atom. The zero-order chi connectivity index (χ0) is 13.9. The van der Waals surface area contributed by atoms with Crippen molar-refractivity contribution in [2.75, 3.05) is 0 Å². The molecular weight excluding hydrogens is 295 g/mol. The lowest BCUT2D eigenvalue weighted by Gasteiger charge is -2.03. The first kappa shape index (κ1) is 13.0. The molecule has 6 heteroatoms. The number of halogens is 2. The van der Waals surface area contributed by atoms with E-state index in [-0.39, 0.29) is 0 Å². The average molecular weight is 303 g/mol. The van der Waals surface area contributed by atoms with Crippen molar-refractivity contribution >= 4 is 23.2 Å². The molecule has 3 rings (SSSR count). The number of hydrogen-bond donors (Lipinski definition) is 0. The SMILES string of the molecule is Clc1ccc(-c2nnc(-c3ccccc3)nn2)c(Cl)c1. The third-order valence-electron chi connectivity index (χ3n) is 2.68. The van der Waals surface area contributed by atoms with E-state index in [9.17, 15) is 0 Å². The van der Waals surface area contributed by atoms with Crippen LogP contribution in [-0.2, 0) is 0 Å². The van der Waals surface area contributed by atoms with Gasteiger partial charge in [-0.05, 0) is 18.2 Å². The summed E-state index contributed by atoms with van der Waals surface area (Å²) in [5.74, 6) is 0.839. The molecule has 0 aliphatic rings. The summed E-state index contributed by atoms with van der Waals surface area (Å²) >= 11 is 12.0. The molecular formula is C14H8Cl2N4. The van der Waals surface area contributed by atoms with Crippen molar-refractivity contribution in [3.63, 3.8) is 0 Å². The topological polar surface area (TPSA) is 51.6 Å². The van der Waals surface area contributed by atoms with Gasteiger partial charge in [-0.2, -0.15) is 0 Å². The lowest BCUT2D eigenvalue weighted by atomic mass is 10.2. The number of rotatable bonds is 2. The predicted octanol–water partition coefficient (Wildman–Crippen LogP) is 3.91. The van der Waals surface area contributed by atoms with Gasteiger partial charge in [0.25, 0.3) is 0 Å². The van der Waals surface area contributed by atoms with Crippen molar-refractivity contribution in [2.24, 2.45) is 0 Å². The molecule has 0 fully saturated rings. The molecule has 0 unspecified atom stereocenters. The minimum atomic E-state index is 0.367. The Balaban J connectivity index is 1.97. The van der Waals surface area contributed by atoms with E-state index in [4.69, 9.17) is 23.2 Å². The van der Waals surface area contributed by atoms with E-state index in [1.54, 1.807) is 18.2 Å². The molecule has 0 saturated heterocycles. The van der Waals surface area contributed by atoms with Crippen LogP contribution in [0.25, 0.3) is 22.8 Å². The van der Waals surface area contributed by atoms with Crippen LogP contribution in [0.2, 0.25) is 10.0 Å². The summed E-state index contributed by atoms with van der Waals surface area (Å²) in [5.41, 5.74) is 1.51. The minimum Gasteiger partial charge on any atom is -0.126 e. The van der Waals surface area contributed by atoms with Gasteiger partial charge in [0.15, 0.2) is 0 Å². The minimum absolute atomic E-state index is 0.367.